The van der Waals surface area contributed by atoms with Gasteiger partial charge in [0.2, 0.25) is 5.91 Å². The molecule has 2 nitrogen and oxygen atoms in total. The lowest BCUT2D eigenvalue weighted by Gasteiger charge is -2.13. The number of primary amides is 1. The van der Waals surface area contributed by atoms with Crippen LogP contribution in [0.1, 0.15) is 15.9 Å². The summed E-state index contributed by atoms with van der Waals surface area (Å²) in [5, 5.41) is 1.42. The van der Waals surface area contributed by atoms with Gasteiger partial charge < -0.3 is 5.73 Å². The second-order valence-electron chi connectivity index (χ2n) is 5.15. The highest BCUT2D eigenvalue weighted by atomic mass is 19.4. The predicted octanol–water partition coefficient (Wildman–Crippen LogP) is 4.62. The van der Waals surface area contributed by atoms with Gasteiger partial charge in [-0.1, -0.05) is 48.5 Å². The Labute approximate surface area is 130 Å². The molecule has 0 heterocycles. The third kappa shape index (κ3) is 2.77. The van der Waals surface area contributed by atoms with Crippen molar-refractivity contribution in [3.05, 3.63) is 71.8 Å². The number of alkyl halides is 3. The quantitative estimate of drug-likeness (QED) is 0.736. The first-order valence-corrected chi connectivity index (χ1v) is 6.87. The minimum Gasteiger partial charge on any atom is -0.366 e. The van der Waals surface area contributed by atoms with Crippen molar-refractivity contribution in [3.63, 3.8) is 0 Å². The first kappa shape index (κ1) is 15.1. The first-order valence-electron chi connectivity index (χ1n) is 6.87. The summed E-state index contributed by atoms with van der Waals surface area (Å²) in [6.07, 6.45) is -4.44. The summed E-state index contributed by atoms with van der Waals surface area (Å²) in [7, 11) is 0. The number of carbonyl (C=O) groups is 1. The molecule has 3 aromatic rings. The van der Waals surface area contributed by atoms with E-state index in [1.165, 1.54) is 12.1 Å². The van der Waals surface area contributed by atoms with E-state index in [0.29, 0.717) is 16.5 Å². The van der Waals surface area contributed by atoms with Crippen LogP contribution in [0.15, 0.2) is 60.7 Å². The molecule has 0 aromatic heterocycles. The van der Waals surface area contributed by atoms with Crippen LogP contribution < -0.4 is 5.73 Å². The minimum absolute atomic E-state index is 0.224. The molecule has 116 valence electrons. The van der Waals surface area contributed by atoms with Crippen LogP contribution in [0.25, 0.3) is 21.9 Å². The number of hydrogen-bond donors (Lipinski definition) is 1. The van der Waals surface area contributed by atoms with Gasteiger partial charge in [0.05, 0.1) is 11.1 Å². The number of fused-ring (bicyclic) bond motifs is 1. The van der Waals surface area contributed by atoms with Crippen molar-refractivity contribution in [2.24, 2.45) is 5.73 Å². The van der Waals surface area contributed by atoms with Crippen LogP contribution in [0.5, 0.6) is 0 Å². The molecule has 5 heteroatoms. The van der Waals surface area contributed by atoms with E-state index in [1.807, 2.05) is 12.1 Å². The third-order valence-corrected chi connectivity index (χ3v) is 3.68. The molecule has 0 aliphatic rings. The van der Waals surface area contributed by atoms with Crippen LogP contribution in [-0.4, -0.2) is 5.91 Å². The van der Waals surface area contributed by atoms with Gasteiger partial charge in [-0.25, -0.2) is 0 Å². The normalized spacial score (nSPS) is 11.6. The summed E-state index contributed by atoms with van der Waals surface area (Å²) < 4.78 is 38.7. The molecule has 23 heavy (non-hydrogen) atoms. The van der Waals surface area contributed by atoms with E-state index < -0.39 is 17.6 Å². The molecule has 0 fully saturated rings. The van der Waals surface area contributed by atoms with Gasteiger partial charge in [-0.15, -0.1) is 0 Å². The Hall–Kier alpha value is -2.82. The molecule has 0 aliphatic heterocycles. The van der Waals surface area contributed by atoms with Crippen LogP contribution in [0.4, 0.5) is 13.2 Å². The third-order valence-electron chi connectivity index (χ3n) is 3.68. The number of nitrogens with two attached hydrogens (primary N) is 1. The number of hydrogen-bond acceptors (Lipinski definition) is 1. The van der Waals surface area contributed by atoms with Crippen molar-refractivity contribution in [2.45, 2.75) is 6.18 Å². The Balaban J connectivity index is 2.28. The maximum absolute atomic E-state index is 12.9. The zero-order valence-corrected chi connectivity index (χ0v) is 11.9. The Kier molecular flexibility index (Phi) is 3.56. The smallest absolute Gasteiger partial charge is 0.366 e. The van der Waals surface area contributed by atoms with Gasteiger partial charge in [0.15, 0.2) is 0 Å². The monoisotopic (exact) mass is 315 g/mol. The second kappa shape index (κ2) is 5.43. The molecule has 2 N–H and O–H groups in total. The van der Waals surface area contributed by atoms with Crippen LogP contribution in [0, 0.1) is 0 Å². The van der Waals surface area contributed by atoms with Gasteiger partial charge in [0.1, 0.15) is 0 Å². The highest BCUT2D eigenvalue weighted by molar-refractivity contribution is 6.11. The van der Waals surface area contributed by atoms with E-state index in [0.717, 1.165) is 17.5 Å². The van der Waals surface area contributed by atoms with Gasteiger partial charge >= 0.3 is 6.18 Å². The number of rotatable bonds is 2. The van der Waals surface area contributed by atoms with E-state index in [4.69, 9.17) is 5.73 Å². The van der Waals surface area contributed by atoms with Crippen LogP contribution >= 0.6 is 0 Å². The zero-order chi connectivity index (χ0) is 16.6. The van der Waals surface area contributed by atoms with Crippen LogP contribution in [0.3, 0.4) is 0 Å². The molecule has 0 saturated carbocycles. The Morgan fingerprint density at radius 2 is 1.65 bits per heavy atom. The second-order valence-corrected chi connectivity index (χ2v) is 5.15. The average molecular weight is 315 g/mol. The SMILES string of the molecule is NC(=O)c1c(-c2cccc(C(F)(F)F)c2)ccc2ccccc12. The lowest BCUT2D eigenvalue weighted by molar-refractivity contribution is -0.137. The van der Waals surface area contributed by atoms with Gasteiger partial charge in [0, 0.05) is 0 Å². The highest BCUT2D eigenvalue weighted by Crippen LogP contribution is 2.35. The van der Waals surface area contributed by atoms with Crippen molar-refractivity contribution in [1.29, 1.82) is 0 Å². The zero-order valence-electron chi connectivity index (χ0n) is 11.9. The minimum atomic E-state index is -4.44. The largest absolute Gasteiger partial charge is 0.416 e. The number of halogens is 3. The van der Waals surface area contributed by atoms with Gasteiger partial charge in [0.25, 0.3) is 0 Å². The molecule has 3 rings (SSSR count). The Morgan fingerprint density at radius 1 is 0.913 bits per heavy atom. The lowest BCUT2D eigenvalue weighted by atomic mass is 9.93. The molecule has 0 radical (unpaired) electrons. The average Bonchev–Trinajstić information content (AvgIpc) is 2.53. The fraction of sp³-hybridized carbons (Fsp3) is 0.0556. The van der Waals surface area contributed by atoms with Crippen molar-refractivity contribution in [1.82, 2.24) is 0 Å². The Morgan fingerprint density at radius 3 is 2.35 bits per heavy atom. The molecule has 0 unspecified atom stereocenters. The number of amides is 1. The van der Waals surface area contributed by atoms with E-state index in [1.54, 1.807) is 24.3 Å². The molecule has 0 aliphatic carbocycles. The molecule has 0 bridgehead atoms. The molecule has 1 amide bonds. The molecular formula is C18H12F3NO. The standard InChI is InChI=1S/C18H12F3NO/c19-18(20,21)13-6-3-5-12(10-13)15-9-8-11-4-1-2-7-14(11)16(15)17(22)23/h1-10H,(H2,22,23). The first-order chi connectivity index (χ1) is 10.9. The molecule has 3 aromatic carbocycles. The van der Waals surface area contributed by atoms with Crippen molar-refractivity contribution < 1.29 is 18.0 Å². The molecular weight excluding hydrogens is 303 g/mol. The van der Waals surface area contributed by atoms with Crippen LogP contribution in [0.2, 0.25) is 0 Å². The summed E-state index contributed by atoms with van der Waals surface area (Å²) in [6.45, 7) is 0. The topological polar surface area (TPSA) is 43.1 Å². The summed E-state index contributed by atoms with van der Waals surface area (Å²) in [5.74, 6) is -0.672. The maximum Gasteiger partial charge on any atom is 0.416 e. The fourth-order valence-corrected chi connectivity index (χ4v) is 2.64. The number of benzene rings is 3. The van der Waals surface area contributed by atoms with Crippen molar-refractivity contribution in [3.8, 4) is 11.1 Å². The van der Waals surface area contributed by atoms with E-state index in [-0.39, 0.29) is 5.56 Å². The number of carbonyl (C=O) groups excluding carboxylic acids is 1. The van der Waals surface area contributed by atoms with Crippen LogP contribution in [-0.2, 0) is 6.18 Å². The van der Waals surface area contributed by atoms with E-state index in [2.05, 4.69) is 0 Å². The molecule has 0 atom stereocenters. The van der Waals surface area contributed by atoms with E-state index >= 15 is 0 Å². The van der Waals surface area contributed by atoms with Crippen molar-refractivity contribution >= 4 is 16.7 Å². The summed E-state index contributed by atoms with van der Waals surface area (Å²) in [4.78, 5) is 11.9. The van der Waals surface area contributed by atoms with Gasteiger partial charge in [-0.05, 0) is 34.0 Å². The van der Waals surface area contributed by atoms with Crippen molar-refractivity contribution in [2.75, 3.05) is 0 Å². The summed E-state index contributed by atoms with van der Waals surface area (Å²) in [6, 6.07) is 15.4. The summed E-state index contributed by atoms with van der Waals surface area (Å²) >= 11 is 0. The summed E-state index contributed by atoms with van der Waals surface area (Å²) in [5.41, 5.74) is 5.64. The molecule has 0 saturated heterocycles. The highest BCUT2D eigenvalue weighted by Gasteiger charge is 2.30. The Bertz CT molecular complexity index is 900. The maximum atomic E-state index is 12.9. The molecule has 0 spiro atoms. The predicted molar refractivity (Wildman–Crippen MR) is 82.9 cm³/mol. The van der Waals surface area contributed by atoms with Gasteiger partial charge in [-0.2, -0.15) is 13.2 Å². The van der Waals surface area contributed by atoms with Gasteiger partial charge in [-0.3, -0.25) is 4.79 Å². The lowest BCUT2D eigenvalue weighted by Crippen LogP contribution is -2.13. The van der Waals surface area contributed by atoms with E-state index in [9.17, 15) is 18.0 Å². The fourth-order valence-electron chi connectivity index (χ4n) is 2.64.